The third-order valence-corrected chi connectivity index (χ3v) is 5.82. The summed E-state index contributed by atoms with van der Waals surface area (Å²) < 4.78 is 12.8. The molecule has 2 aromatic rings. The number of ether oxygens (including phenoxy) is 2. The average Bonchev–Trinajstić information content (AvgIpc) is 2.90. The molecule has 0 saturated heterocycles. The van der Waals surface area contributed by atoms with Gasteiger partial charge in [-0.05, 0) is 74.3 Å². The van der Waals surface area contributed by atoms with Crippen molar-refractivity contribution in [1.82, 2.24) is 4.90 Å². The Morgan fingerprint density at radius 3 is 2.61 bits per heavy atom. The maximum Gasteiger partial charge on any atom is 0.324 e. The van der Waals surface area contributed by atoms with Gasteiger partial charge in [0.2, 0.25) is 0 Å². The summed E-state index contributed by atoms with van der Waals surface area (Å²) in [5, 5.41) is 0. The molecule has 3 nitrogen and oxygen atoms in total. The molecular formula is C25H25NO2. The normalized spacial score (nSPS) is 27.8. The average molecular weight is 371 g/mol. The monoisotopic (exact) mass is 371 g/mol. The molecule has 142 valence electrons. The second kappa shape index (κ2) is 6.11. The molecule has 3 aliphatic heterocycles. The zero-order valence-electron chi connectivity index (χ0n) is 16.8. The van der Waals surface area contributed by atoms with E-state index in [-0.39, 0.29) is 12.1 Å². The predicted octanol–water partition coefficient (Wildman–Crippen LogP) is 5.72. The van der Waals surface area contributed by atoms with Gasteiger partial charge in [0.1, 0.15) is 0 Å². The standard InChI is InChI=1S/C25H25NO2/c1-16-9-10-21(17(2)13-16)20-11-12-26-24(15-20)22-7-5-6-8-23(22)25(26)27-18(3)14-19(4)28-25/h5-15,18,24H,1-4H3/t18?,24?,25-/m0/s1. The van der Waals surface area contributed by atoms with Gasteiger partial charge < -0.3 is 14.4 Å². The number of hydrogen-bond donors (Lipinski definition) is 0. The van der Waals surface area contributed by atoms with Crippen molar-refractivity contribution in [2.75, 3.05) is 0 Å². The van der Waals surface area contributed by atoms with Gasteiger partial charge in [-0.2, -0.15) is 0 Å². The van der Waals surface area contributed by atoms with E-state index in [1.807, 2.05) is 13.0 Å². The van der Waals surface area contributed by atoms with Crippen molar-refractivity contribution in [3.05, 3.63) is 100 Å². The number of fused-ring (bicyclic) bond motifs is 5. The molecule has 5 rings (SSSR count). The van der Waals surface area contributed by atoms with E-state index in [4.69, 9.17) is 9.47 Å². The van der Waals surface area contributed by atoms with E-state index in [1.54, 1.807) is 0 Å². The Kier molecular flexibility index (Phi) is 3.78. The van der Waals surface area contributed by atoms with Crippen LogP contribution in [0.1, 0.15) is 47.7 Å². The first kappa shape index (κ1) is 17.3. The summed E-state index contributed by atoms with van der Waals surface area (Å²) in [5.74, 6) is -0.00727. The molecule has 3 heterocycles. The fourth-order valence-corrected chi connectivity index (χ4v) is 4.70. The number of allylic oxidation sites excluding steroid dienone is 3. The molecule has 0 aromatic heterocycles. The highest BCUT2D eigenvalue weighted by molar-refractivity contribution is 5.78. The van der Waals surface area contributed by atoms with Crippen LogP contribution in [0.25, 0.3) is 5.57 Å². The van der Waals surface area contributed by atoms with Crippen LogP contribution >= 0.6 is 0 Å². The molecule has 2 aromatic carbocycles. The molecule has 3 heteroatoms. The Bertz CT molecular complexity index is 1050. The van der Waals surface area contributed by atoms with E-state index >= 15 is 0 Å². The van der Waals surface area contributed by atoms with Crippen LogP contribution in [0.3, 0.4) is 0 Å². The summed E-state index contributed by atoms with van der Waals surface area (Å²) in [5.41, 5.74) is 7.41. The van der Waals surface area contributed by atoms with Gasteiger partial charge in [0.05, 0.1) is 23.5 Å². The summed E-state index contributed by atoms with van der Waals surface area (Å²) in [4.78, 5) is 2.21. The SMILES string of the molecule is CC1=CC(C)O[C@]2(O1)c1ccccc1C1C=C(c3ccc(C)cc3C)C=CN12. The van der Waals surface area contributed by atoms with Gasteiger partial charge in [-0.15, -0.1) is 0 Å². The van der Waals surface area contributed by atoms with Gasteiger partial charge in [-0.1, -0.05) is 42.0 Å². The smallest absolute Gasteiger partial charge is 0.324 e. The molecule has 0 fully saturated rings. The number of aryl methyl sites for hydroxylation is 2. The molecule has 0 saturated carbocycles. The van der Waals surface area contributed by atoms with Crippen molar-refractivity contribution < 1.29 is 9.47 Å². The third kappa shape index (κ3) is 2.46. The fourth-order valence-electron chi connectivity index (χ4n) is 4.70. The first-order chi connectivity index (χ1) is 13.5. The molecule has 28 heavy (non-hydrogen) atoms. The number of benzene rings is 2. The van der Waals surface area contributed by atoms with Crippen LogP contribution in [0.15, 0.2) is 72.7 Å². The first-order valence-corrected chi connectivity index (χ1v) is 9.89. The first-order valence-electron chi connectivity index (χ1n) is 9.89. The Balaban J connectivity index is 1.64. The topological polar surface area (TPSA) is 21.7 Å². The molecule has 0 aliphatic carbocycles. The van der Waals surface area contributed by atoms with Crippen LogP contribution in [-0.2, 0) is 15.4 Å². The molecule has 0 bridgehead atoms. The second-order valence-electron chi connectivity index (χ2n) is 7.98. The van der Waals surface area contributed by atoms with Crippen LogP contribution in [0, 0.1) is 13.8 Å². The maximum atomic E-state index is 6.43. The van der Waals surface area contributed by atoms with Crippen LogP contribution < -0.4 is 0 Å². The van der Waals surface area contributed by atoms with Gasteiger partial charge in [-0.3, -0.25) is 0 Å². The largest absolute Gasteiger partial charge is 0.445 e. The molecule has 0 N–H and O–H groups in total. The minimum atomic E-state index is -0.902. The van der Waals surface area contributed by atoms with E-state index in [9.17, 15) is 0 Å². The van der Waals surface area contributed by atoms with Crippen LogP contribution in [0.5, 0.6) is 0 Å². The summed E-state index contributed by atoms with van der Waals surface area (Å²) in [6.07, 6.45) is 8.64. The Labute approximate surface area is 166 Å². The Morgan fingerprint density at radius 2 is 1.82 bits per heavy atom. The number of hydrogen-bond acceptors (Lipinski definition) is 3. The molecule has 0 amide bonds. The highest BCUT2D eigenvalue weighted by Gasteiger charge is 2.54. The summed E-state index contributed by atoms with van der Waals surface area (Å²) in [7, 11) is 0. The van der Waals surface area contributed by atoms with Crippen molar-refractivity contribution in [1.29, 1.82) is 0 Å². The van der Waals surface area contributed by atoms with Gasteiger partial charge in [0.25, 0.3) is 0 Å². The quantitative estimate of drug-likeness (QED) is 0.640. The van der Waals surface area contributed by atoms with Crippen molar-refractivity contribution >= 4 is 5.57 Å². The maximum absolute atomic E-state index is 6.43. The van der Waals surface area contributed by atoms with Gasteiger partial charge >= 0.3 is 5.91 Å². The minimum absolute atomic E-state index is 0.0151. The highest BCUT2D eigenvalue weighted by atomic mass is 16.7. The van der Waals surface area contributed by atoms with Crippen molar-refractivity contribution in [2.45, 2.75) is 45.8 Å². The molecule has 1 spiro atoms. The zero-order chi connectivity index (χ0) is 19.5. The van der Waals surface area contributed by atoms with Crippen molar-refractivity contribution in [3.63, 3.8) is 0 Å². The van der Waals surface area contributed by atoms with E-state index < -0.39 is 5.91 Å². The second-order valence-corrected chi connectivity index (χ2v) is 7.98. The highest BCUT2D eigenvalue weighted by Crippen LogP contribution is 2.53. The van der Waals surface area contributed by atoms with Crippen LogP contribution in [0.4, 0.5) is 0 Å². The number of nitrogens with zero attached hydrogens (tertiary/aromatic N) is 1. The van der Waals surface area contributed by atoms with E-state index in [0.29, 0.717) is 0 Å². The Morgan fingerprint density at radius 1 is 1.00 bits per heavy atom. The van der Waals surface area contributed by atoms with Gasteiger partial charge in [-0.25, -0.2) is 0 Å². The van der Waals surface area contributed by atoms with Crippen molar-refractivity contribution in [3.8, 4) is 0 Å². The lowest BCUT2D eigenvalue weighted by Crippen LogP contribution is -2.47. The fraction of sp³-hybridized carbons (Fsp3) is 0.280. The lowest BCUT2D eigenvalue weighted by atomic mass is 9.93. The lowest BCUT2D eigenvalue weighted by molar-refractivity contribution is -0.318. The molecule has 3 atom stereocenters. The van der Waals surface area contributed by atoms with Gasteiger partial charge in [0.15, 0.2) is 0 Å². The van der Waals surface area contributed by atoms with E-state index in [1.165, 1.54) is 27.8 Å². The molecule has 3 aliphatic rings. The molecule has 0 radical (unpaired) electrons. The molecular weight excluding hydrogens is 346 g/mol. The molecule has 2 unspecified atom stereocenters. The summed E-state index contributed by atoms with van der Waals surface area (Å²) in [6, 6.07) is 15.2. The van der Waals surface area contributed by atoms with Crippen molar-refractivity contribution in [2.24, 2.45) is 0 Å². The number of rotatable bonds is 1. The summed E-state index contributed by atoms with van der Waals surface area (Å²) >= 11 is 0. The zero-order valence-corrected chi connectivity index (χ0v) is 16.8. The Hall–Kier alpha value is -2.78. The third-order valence-electron chi connectivity index (χ3n) is 5.82. The van der Waals surface area contributed by atoms with Gasteiger partial charge in [0, 0.05) is 6.20 Å². The summed E-state index contributed by atoms with van der Waals surface area (Å²) in [6.45, 7) is 8.38. The van der Waals surface area contributed by atoms with Crippen LogP contribution in [0.2, 0.25) is 0 Å². The minimum Gasteiger partial charge on any atom is -0.445 e. The predicted molar refractivity (Wildman–Crippen MR) is 111 cm³/mol. The van der Waals surface area contributed by atoms with E-state index in [0.717, 1.165) is 11.3 Å². The lowest BCUT2D eigenvalue weighted by Gasteiger charge is -2.44. The van der Waals surface area contributed by atoms with Crippen LogP contribution in [-0.4, -0.2) is 11.0 Å². The van der Waals surface area contributed by atoms with E-state index in [2.05, 4.69) is 86.5 Å².